The van der Waals surface area contributed by atoms with E-state index in [0.717, 1.165) is 19.3 Å². The van der Waals surface area contributed by atoms with Gasteiger partial charge in [0.25, 0.3) is 0 Å². The highest BCUT2D eigenvalue weighted by Crippen LogP contribution is 2.33. The zero-order valence-electron chi connectivity index (χ0n) is 9.16. The number of carbonyl (C=O) groups is 1. The summed E-state index contributed by atoms with van der Waals surface area (Å²) < 4.78 is 5.75. The van der Waals surface area contributed by atoms with Crippen LogP contribution < -0.4 is 4.74 Å². The summed E-state index contributed by atoms with van der Waals surface area (Å²) in [6.45, 7) is 0. The zero-order valence-corrected chi connectivity index (χ0v) is 10.7. The molecular formula is C13H12Cl2O2. The Morgan fingerprint density at radius 1 is 1.35 bits per heavy atom. The van der Waals surface area contributed by atoms with E-state index >= 15 is 0 Å². The van der Waals surface area contributed by atoms with Crippen LogP contribution in [0.15, 0.2) is 24.3 Å². The highest BCUT2D eigenvalue weighted by molar-refractivity contribution is 6.36. The van der Waals surface area contributed by atoms with Crippen molar-refractivity contribution in [2.45, 2.75) is 25.4 Å². The highest BCUT2D eigenvalue weighted by Gasteiger charge is 2.16. The number of ether oxygens (including phenoxy) is 1. The maximum atomic E-state index is 11.0. The molecule has 0 saturated carbocycles. The van der Waals surface area contributed by atoms with Crippen molar-refractivity contribution in [1.82, 2.24) is 0 Å². The van der Waals surface area contributed by atoms with Gasteiger partial charge >= 0.3 is 0 Å². The lowest BCUT2D eigenvalue weighted by Crippen LogP contribution is -2.16. The third kappa shape index (κ3) is 3.02. The zero-order chi connectivity index (χ0) is 12.3. The second-order valence-electron chi connectivity index (χ2n) is 3.94. The summed E-state index contributed by atoms with van der Waals surface area (Å²) in [4.78, 5) is 11.0. The number of benzene rings is 1. The van der Waals surface area contributed by atoms with E-state index < -0.39 is 0 Å². The average Bonchev–Trinajstić information content (AvgIpc) is 2.33. The standard InChI is InChI=1S/C13H12Cl2O2/c14-10-6-9(8-16)13(12(15)7-10)17-11-4-2-1-3-5-11/h2,4,6-8,11H,1,3,5H2. The number of carbonyl (C=O) groups excluding carboxylic acids is 1. The lowest BCUT2D eigenvalue weighted by molar-refractivity contribution is 0.111. The molecule has 0 spiro atoms. The molecule has 0 N–H and O–H groups in total. The molecule has 2 rings (SSSR count). The topological polar surface area (TPSA) is 26.3 Å². The van der Waals surface area contributed by atoms with Gasteiger partial charge in [-0.05, 0) is 37.5 Å². The molecule has 90 valence electrons. The maximum Gasteiger partial charge on any atom is 0.153 e. The lowest BCUT2D eigenvalue weighted by Gasteiger charge is -2.20. The van der Waals surface area contributed by atoms with Crippen LogP contribution in [0.5, 0.6) is 5.75 Å². The Morgan fingerprint density at radius 3 is 2.82 bits per heavy atom. The van der Waals surface area contributed by atoms with Gasteiger partial charge in [-0.1, -0.05) is 29.3 Å². The first-order valence-electron chi connectivity index (χ1n) is 5.48. The Kier molecular flexibility index (Phi) is 4.08. The van der Waals surface area contributed by atoms with Crippen LogP contribution in [0.25, 0.3) is 0 Å². The van der Waals surface area contributed by atoms with Gasteiger partial charge < -0.3 is 4.74 Å². The fraction of sp³-hybridized carbons (Fsp3) is 0.308. The lowest BCUT2D eigenvalue weighted by atomic mass is 10.1. The number of aldehydes is 1. The van der Waals surface area contributed by atoms with Gasteiger partial charge in [-0.15, -0.1) is 0 Å². The summed E-state index contributed by atoms with van der Waals surface area (Å²) in [5, 5.41) is 0.808. The van der Waals surface area contributed by atoms with Crippen LogP contribution in [0.1, 0.15) is 29.6 Å². The van der Waals surface area contributed by atoms with E-state index in [4.69, 9.17) is 27.9 Å². The van der Waals surface area contributed by atoms with Crippen LogP contribution in [-0.4, -0.2) is 12.4 Å². The van der Waals surface area contributed by atoms with Crippen molar-refractivity contribution in [3.8, 4) is 5.75 Å². The van der Waals surface area contributed by atoms with Crippen molar-refractivity contribution >= 4 is 29.5 Å². The summed E-state index contributed by atoms with van der Waals surface area (Å²) in [6, 6.07) is 3.14. The minimum atomic E-state index is -0.0128. The van der Waals surface area contributed by atoms with E-state index in [0.29, 0.717) is 27.6 Å². The second kappa shape index (κ2) is 5.56. The van der Waals surface area contributed by atoms with Crippen molar-refractivity contribution in [1.29, 1.82) is 0 Å². The van der Waals surface area contributed by atoms with Crippen molar-refractivity contribution < 1.29 is 9.53 Å². The van der Waals surface area contributed by atoms with Crippen LogP contribution in [0, 0.1) is 0 Å². The van der Waals surface area contributed by atoms with Gasteiger partial charge in [0.2, 0.25) is 0 Å². The van der Waals surface area contributed by atoms with Crippen LogP contribution in [0.2, 0.25) is 10.0 Å². The van der Waals surface area contributed by atoms with Gasteiger partial charge in [0, 0.05) is 5.02 Å². The molecule has 4 heteroatoms. The molecule has 17 heavy (non-hydrogen) atoms. The average molecular weight is 271 g/mol. The first-order valence-corrected chi connectivity index (χ1v) is 6.24. The van der Waals surface area contributed by atoms with Crippen LogP contribution in [0.3, 0.4) is 0 Å². The quantitative estimate of drug-likeness (QED) is 0.605. The van der Waals surface area contributed by atoms with Crippen molar-refractivity contribution in [2.24, 2.45) is 0 Å². The van der Waals surface area contributed by atoms with Crippen LogP contribution >= 0.6 is 23.2 Å². The molecule has 0 saturated heterocycles. The summed E-state index contributed by atoms with van der Waals surface area (Å²) in [7, 11) is 0. The first kappa shape index (κ1) is 12.5. The van der Waals surface area contributed by atoms with E-state index in [9.17, 15) is 4.79 Å². The van der Waals surface area contributed by atoms with Gasteiger partial charge in [0.1, 0.15) is 11.9 Å². The van der Waals surface area contributed by atoms with E-state index in [1.54, 1.807) is 12.1 Å². The molecule has 1 aliphatic carbocycles. The van der Waals surface area contributed by atoms with Crippen molar-refractivity contribution in [2.75, 3.05) is 0 Å². The summed E-state index contributed by atoms with van der Waals surface area (Å²) in [5.74, 6) is 0.419. The minimum absolute atomic E-state index is 0.0128. The summed E-state index contributed by atoms with van der Waals surface area (Å²) >= 11 is 11.9. The highest BCUT2D eigenvalue weighted by atomic mass is 35.5. The smallest absolute Gasteiger partial charge is 0.153 e. The predicted molar refractivity (Wildman–Crippen MR) is 69.3 cm³/mol. The first-order chi connectivity index (χ1) is 8.20. The third-order valence-corrected chi connectivity index (χ3v) is 3.14. The monoisotopic (exact) mass is 270 g/mol. The Bertz CT molecular complexity index is 455. The molecule has 1 aromatic carbocycles. The van der Waals surface area contributed by atoms with Crippen molar-refractivity contribution in [3.63, 3.8) is 0 Å². The number of halogens is 2. The number of hydrogen-bond acceptors (Lipinski definition) is 2. The fourth-order valence-corrected chi connectivity index (χ4v) is 2.38. The maximum absolute atomic E-state index is 11.0. The van der Waals surface area contributed by atoms with E-state index in [1.165, 1.54) is 0 Å². The van der Waals surface area contributed by atoms with E-state index in [2.05, 4.69) is 6.08 Å². The molecule has 0 heterocycles. The molecule has 1 unspecified atom stereocenters. The molecule has 2 nitrogen and oxygen atoms in total. The Labute approximate surface area is 110 Å². The minimum Gasteiger partial charge on any atom is -0.484 e. The molecule has 1 aromatic rings. The molecule has 1 aliphatic rings. The Hall–Kier alpha value is -0.990. The SMILES string of the molecule is O=Cc1cc(Cl)cc(Cl)c1OC1C=CCCC1. The van der Waals surface area contributed by atoms with E-state index in [-0.39, 0.29) is 6.10 Å². The second-order valence-corrected chi connectivity index (χ2v) is 4.78. The molecule has 0 radical (unpaired) electrons. The van der Waals surface area contributed by atoms with Gasteiger partial charge in [0.05, 0.1) is 10.6 Å². The van der Waals surface area contributed by atoms with E-state index in [1.807, 2.05) is 6.08 Å². The normalized spacial score (nSPS) is 19.1. The van der Waals surface area contributed by atoms with Crippen LogP contribution in [0.4, 0.5) is 0 Å². The Morgan fingerprint density at radius 2 is 2.18 bits per heavy atom. The number of allylic oxidation sites excluding steroid dienone is 1. The molecule has 0 bridgehead atoms. The van der Waals surface area contributed by atoms with Crippen LogP contribution in [-0.2, 0) is 0 Å². The van der Waals surface area contributed by atoms with Crippen molar-refractivity contribution in [3.05, 3.63) is 39.9 Å². The molecule has 0 fully saturated rings. The largest absolute Gasteiger partial charge is 0.484 e. The van der Waals surface area contributed by atoms with Gasteiger partial charge in [-0.3, -0.25) is 4.79 Å². The third-order valence-electron chi connectivity index (χ3n) is 2.64. The van der Waals surface area contributed by atoms with Gasteiger partial charge in [-0.25, -0.2) is 0 Å². The molecule has 0 aromatic heterocycles. The Balaban J connectivity index is 2.27. The predicted octanol–water partition coefficient (Wildman–Crippen LogP) is 4.29. The summed E-state index contributed by atoms with van der Waals surface area (Å²) in [6.07, 6.45) is 7.88. The molecule has 0 amide bonds. The van der Waals surface area contributed by atoms with Gasteiger partial charge in [-0.2, -0.15) is 0 Å². The van der Waals surface area contributed by atoms with Gasteiger partial charge in [0.15, 0.2) is 6.29 Å². The molecule has 0 aliphatic heterocycles. The number of hydrogen-bond donors (Lipinski definition) is 0. The molecule has 1 atom stereocenters. The summed E-state index contributed by atoms with van der Waals surface area (Å²) in [5.41, 5.74) is 0.390. The fourth-order valence-electron chi connectivity index (χ4n) is 1.82. The number of rotatable bonds is 3. The molecular weight excluding hydrogens is 259 g/mol.